The highest BCUT2D eigenvalue weighted by Gasteiger charge is 2.32. The molecule has 0 aromatic heterocycles. The van der Waals surface area contributed by atoms with Crippen molar-refractivity contribution in [2.75, 3.05) is 0 Å². The lowest BCUT2D eigenvalue weighted by Crippen LogP contribution is -2.41. The van der Waals surface area contributed by atoms with Gasteiger partial charge >= 0.3 is 0 Å². The van der Waals surface area contributed by atoms with Crippen LogP contribution in [0.5, 0.6) is 0 Å². The van der Waals surface area contributed by atoms with E-state index in [0.29, 0.717) is 6.54 Å². The summed E-state index contributed by atoms with van der Waals surface area (Å²) in [4.78, 5) is 14.8. The lowest BCUT2D eigenvalue weighted by atomic mass is 10.0. The molecule has 1 aromatic carbocycles. The number of carbonyl (C=O) groups excluding carboxylic acids is 1. The van der Waals surface area contributed by atoms with Gasteiger partial charge < -0.3 is 10.6 Å². The van der Waals surface area contributed by atoms with Crippen molar-refractivity contribution in [2.45, 2.75) is 58.2 Å². The number of benzene rings is 1. The maximum atomic E-state index is 12.8. The lowest BCUT2D eigenvalue weighted by Gasteiger charge is -2.31. The van der Waals surface area contributed by atoms with E-state index in [1.165, 1.54) is 5.56 Å². The van der Waals surface area contributed by atoms with Crippen molar-refractivity contribution in [2.24, 2.45) is 11.7 Å². The molecule has 20 heavy (non-hydrogen) atoms. The molecule has 110 valence electrons. The van der Waals surface area contributed by atoms with Gasteiger partial charge in [0.2, 0.25) is 5.91 Å². The third-order valence-corrected chi connectivity index (χ3v) is 4.42. The number of hydrogen-bond donors (Lipinski definition) is 1. The van der Waals surface area contributed by atoms with Gasteiger partial charge in [0.1, 0.15) is 0 Å². The number of hydrogen-bond acceptors (Lipinski definition) is 2. The Morgan fingerprint density at radius 2 is 2.05 bits per heavy atom. The molecule has 1 amide bonds. The topological polar surface area (TPSA) is 46.3 Å². The molecule has 0 aliphatic heterocycles. The van der Waals surface area contributed by atoms with E-state index in [1.807, 2.05) is 23.1 Å². The second-order valence-corrected chi connectivity index (χ2v) is 5.98. The van der Waals surface area contributed by atoms with E-state index in [-0.39, 0.29) is 23.9 Å². The molecule has 2 N–H and O–H groups in total. The zero-order valence-electron chi connectivity index (χ0n) is 12.6. The third-order valence-electron chi connectivity index (χ3n) is 4.42. The Morgan fingerprint density at radius 1 is 1.35 bits per heavy atom. The average molecular weight is 274 g/mol. The van der Waals surface area contributed by atoms with Gasteiger partial charge in [-0.25, -0.2) is 0 Å². The Hall–Kier alpha value is -1.35. The van der Waals surface area contributed by atoms with Gasteiger partial charge in [-0.15, -0.1) is 0 Å². The Kier molecular flexibility index (Phi) is 5.18. The Morgan fingerprint density at radius 3 is 2.60 bits per heavy atom. The summed E-state index contributed by atoms with van der Waals surface area (Å²) in [6.45, 7) is 4.98. The van der Waals surface area contributed by atoms with Gasteiger partial charge in [-0.1, -0.05) is 37.3 Å². The number of nitrogens with two attached hydrogens (primary N) is 1. The van der Waals surface area contributed by atoms with Crippen LogP contribution in [0, 0.1) is 5.92 Å². The van der Waals surface area contributed by atoms with E-state index in [2.05, 4.69) is 26.0 Å². The fraction of sp³-hybridized carbons (Fsp3) is 0.588. The van der Waals surface area contributed by atoms with E-state index >= 15 is 0 Å². The van der Waals surface area contributed by atoms with Crippen LogP contribution >= 0.6 is 0 Å². The first-order chi connectivity index (χ1) is 9.61. The second kappa shape index (κ2) is 6.89. The molecule has 1 saturated carbocycles. The molecule has 1 aliphatic rings. The Balaban J connectivity index is 2.09. The quantitative estimate of drug-likeness (QED) is 0.897. The largest absolute Gasteiger partial charge is 0.335 e. The highest BCUT2D eigenvalue weighted by atomic mass is 16.2. The standard InChI is InChI=1S/C17H26N2O/c1-3-13(2)19(12-14-7-5-4-6-8-14)17(20)15-9-10-16(18)11-15/h4-8,13,15-16H,3,9-12,18H2,1-2H3. The van der Waals surface area contributed by atoms with Crippen molar-refractivity contribution < 1.29 is 4.79 Å². The summed E-state index contributed by atoms with van der Waals surface area (Å²) in [7, 11) is 0. The minimum Gasteiger partial charge on any atom is -0.335 e. The van der Waals surface area contributed by atoms with Crippen molar-refractivity contribution in [1.82, 2.24) is 4.90 Å². The summed E-state index contributed by atoms with van der Waals surface area (Å²) in [6.07, 6.45) is 3.76. The molecule has 1 aliphatic carbocycles. The van der Waals surface area contributed by atoms with Crippen LogP contribution in [-0.4, -0.2) is 22.9 Å². The molecule has 0 radical (unpaired) electrons. The van der Waals surface area contributed by atoms with Crippen LogP contribution in [0.1, 0.15) is 45.1 Å². The Bertz CT molecular complexity index is 432. The molecule has 0 heterocycles. The number of carbonyl (C=O) groups is 1. The van der Waals surface area contributed by atoms with E-state index < -0.39 is 0 Å². The maximum Gasteiger partial charge on any atom is 0.226 e. The van der Waals surface area contributed by atoms with E-state index in [1.54, 1.807) is 0 Å². The van der Waals surface area contributed by atoms with Crippen LogP contribution in [0.4, 0.5) is 0 Å². The van der Waals surface area contributed by atoms with Crippen LogP contribution in [-0.2, 0) is 11.3 Å². The van der Waals surface area contributed by atoms with Gasteiger partial charge in [0.15, 0.2) is 0 Å². The number of rotatable bonds is 5. The zero-order chi connectivity index (χ0) is 14.5. The third kappa shape index (κ3) is 3.60. The van der Waals surface area contributed by atoms with Gasteiger partial charge in [0.25, 0.3) is 0 Å². The minimum atomic E-state index is 0.128. The first kappa shape index (κ1) is 15.0. The van der Waals surface area contributed by atoms with Crippen molar-refractivity contribution in [3.63, 3.8) is 0 Å². The van der Waals surface area contributed by atoms with Crippen molar-refractivity contribution in [3.05, 3.63) is 35.9 Å². The van der Waals surface area contributed by atoms with E-state index in [9.17, 15) is 4.79 Å². The summed E-state index contributed by atoms with van der Waals surface area (Å²) in [5.41, 5.74) is 7.15. The molecule has 0 bridgehead atoms. The summed E-state index contributed by atoms with van der Waals surface area (Å²) in [5, 5.41) is 0. The molecular formula is C17H26N2O. The number of nitrogens with zero attached hydrogens (tertiary/aromatic N) is 1. The molecule has 0 spiro atoms. The van der Waals surface area contributed by atoms with Crippen LogP contribution in [0.15, 0.2) is 30.3 Å². The molecule has 0 saturated heterocycles. The van der Waals surface area contributed by atoms with Crippen LogP contribution in [0.25, 0.3) is 0 Å². The predicted molar refractivity (Wildman–Crippen MR) is 82.1 cm³/mol. The molecular weight excluding hydrogens is 248 g/mol. The highest BCUT2D eigenvalue weighted by molar-refractivity contribution is 5.79. The zero-order valence-corrected chi connectivity index (χ0v) is 12.6. The first-order valence-corrected chi connectivity index (χ1v) is 7.71. The second-order valence-electron chi connectivity index (χ2n) is 5.98. The molecule has 3 nitrogen and oxygen atoms in total. The van der Waals surface area contributed by atoms with Crippen molar-refractivity contribution in [1.29, 1.82) is 0 Å². The molecule has 1 fully saturated rings. The molecule has 3 atom stereocenters. The first-order valence-electron chi connectivity index (χ1n) is 7.71. The predicted octanol–water partition coefficient (Wildman–Crippen LogP) is 2.94. The summed E-state index contributed by atoms with van der Waals surface area (Å²) >= 11 is 0. The van der Waals surface area contributed by atoms with E-state index in [4.69, 9.17) is 5.73 Å². The van der Waals surface area contributed by atoms with Crippen LogP contribution in [0.2, 0.25) is 0 Å². The van der Waals surface area contributed by atoms with Gasteiger partial charge in [-0.2, -0.15) is 0 Å². The fourth-order valence-corrected chi connectivity index (χ4v) is 2.93. The molecule has 1 aromatic rings. The van der Waals surface area contributed by atoms with Crippen LogP contribution in [0.3, 0.4) is 0 Å². The lowest BCUT2D eigenvalue weighted by molar-refractivity contribution is -0.138. The van der Waals surface area contributed by atoms with Crippen molar-refractivity contribution in [3.8, 4) is 0 Å². The fourth-order valence-electron chi connectivity index (χ4n) is 2.93. The van der Waals surface area contributed by atoms with Gasteiger partial charge in [0, 0.05) is 24.5 Å². The highest BCUT2D eigenvalue weighted by Crippen LogP contribution is 2.27. The SMILES string of the molecule is CCC(C)N(Cc1ccccc1)C(=O)C1CCC(N)C1. The summed E-state index contributed by atoms with van der Waals surface area (Å²) in [6, 6.07) is 10.7. The molecule has 3 heteroatoms. The minimum absolute atomic E-state index is 0.128. The molecule has 3 unspecified atom stereocenters. The average Bonchev–Trinajstić information content (AvgIpc) is 2.91. The summed E-state index contributed by atoms with van der Waals surface area (Å²) < 4.78 is 0. The smallest absolute Gasteiger partial charge is 0.226 e. The van der Waals surface area contributed by atoms with E-state index in [0.717, 1.165) is 25.7 Å². The van der Waals surface area contributed by atoms with Gasteiger partial charge in [0.05, 0.1) is 0 Å². The van der Waals surface area contributed by atoms with Gasteiger partial charge in [-0.05, 0) is 38.2 Å². The Labute approximate surface area is 122 Å². The maximum absolute atomic E-state index is 12.8. The van der Waals surface area contributed by atoms with Gasteiger partial charge in [-0.3, -0.25) is 4.79 Å². The van der Waals surface area contributed by atoms with Crippen molar-refractivity contribution >= 4 is 5.91 Å². The summed E-state index contributed by atoms with van der Waals surface area (Å²) in [5.74, 6) is 0.416. The normalized spacial score (nSPS) is 23.6. The molecule has 2 rings (SSSR count). The number of amides is 1. The van der Waals surface area contributed by atoms with Crippen LogP contribution < -0.4 is 5.73 Å². The monoisotopic (exact) mass is 274 g/mol.